The van der Waals surface area contributed by atoms with Crippen LogP contribution in [0.25, 0.3) is 0 Å². The number of benzene rings is 4. The van der Waals surface area contributed by atoms with Gasteiger partial charge in [-0.2, -0.15) is 0 Å². The summed E-state index contributed by atoms with van der Waals surface area (Å²) < 4.78 is 17.9. The zero-order valence-electron chi connectivity index (χ0n) is 28.8. The molecule has 0 saturated carbocycles. The Morgan fingerprint density at radius 1 is 0.860 bits per heavy atom. The molecule has 5 rings (SSSR count). The van der Waals surface area contributed by atoms with E-state index in [1.807, 2.05) is 123 Å². The number of likely N-dealkylation sites (N-methyl/N-ethyl adjacent to an activating group) is 1. The molecule has 1 aliphatic heterocycles. The largest absolute Gasteiger partial charge is 0.467 e. The summed E-state index contributed by atoms with van der Waals surface area (Å²) >= 11 is 0. The van der Waals surface area contributed by atoms with Crippen molar-refractivity contribution >= 4 is 12.0 Å². The molecule has 1 saturated heterocycles. The highest BCUT2D eigenvalue weighted by Crippen LogP contribution is 2.38. The molecule has 1 fully saturated rings. The molecule has 10 nitrogen and oxygen atoms in total. The van der Waals surface area contributed by atoms with E-state index in [0.29, 0.717) is 19.4 Å². The number of ether oxygens (including phenoxy) is 3. The summed E-state index contributed by atoms with van der Waals surface area (Å²) in [5.74, 6) is -0.519. The van der Waals surface area contributed by atoms with Crippen LogP contribution in [0.2, 0.25) is 0 Å². The Morgan fingerprint density at radius 2 is 1.48 bits per heavy atom. The molecular formula is C40H47N3O7. The number of hydrogen-bond acceptors (Lipinski definition) is 8. The summed E-state index contributed by atoms with van der Waals surface area (Å²) in [6, 6.07) is 33.0. The van der Waals surface area contributed by atoms with Gasteiger partial charge < -0.3 is 35.1 Å². The van der Waals surface area contributed by atoms with Crippen LogP contribution in [0, 0.1) is 0 Å². The van der Waals surface area contributed by atoms with Crippen LogP contribution < -0.4 is 10.6 Å². The van der Waals surface area contributed by atoms with Crippen LogP contribution in [0.4, 0.5) is 4.79 Å². The van der Waals surface area contributed by atoms with Gasteiger partial charge in [-0.15, -0.1) is 0 Å². The van der Waals surface area contributed by atoms with E-state index in [0.717, 1.165) is 33.4 Å². The minimum atomic E-state index is -0.824. The first kappa shape index (κ1) is 36.7. The van der Waals surface area contributed by atoms with Gasteiger partial charge in [-0.05, 0) is 41.8 Å². The molecule has 4 aromatic carbocycles. The van der Waals surface area contributed by atoms with Crippen molar-refractivity contribution in [3.8, 4) is 0 Å². The first-order valence-corrected chi connectivity index (χ1v) is 16.9. The standard InChI is InChI=1S/C40H47N3O7/c1-27(37(45)32-12-8-5-9-13-32)43(2)25-34-23-36(31-18-16-30(26-44)17-19-31)50-39(49-34)33-20-14-29(15-21-33)24-41-40(47)42-35(38(46)48-3)22-28-10-6-4-7-11-28/h4-21,27,34-37,39,44-45H,22-26H2,1-3H3,(H2,41,42,47)/t27-,34-,35-,36+,37-,39+/m0/s1. The van der Waals surface area contributed by atoms with E-state index in [2.05, 4.69) is 15.5 Å². The molecule has 0 unspecified atom stereocenters. The van der Waals surface area contributed by atoms with Crippen molar-refractivity contribution in [2.24, 2.45) is 0 Å². The lowest BCUT2D eigenvalue weighted by Gasteiger charge is -2.39. The van der Waals surface area contributed by atoms with E-state index in [4.69, 9.17) is 14.2 Å². The van der Waals surface area contributed by atoms with E-state index in [9.17, 15) is 19.8 Å². The Labute approximate surface area is 294 Å². The van der Waals surface area contributed by atoms with Gasteiger partial charge in [-0.1, -0.05) is 109 Å². The van der Waals surface area contributed by atoms with Gasteiger partial charge >= 0.3 is 12.0 Å². The van der Waals surface area contributed by atoms with Gasteiger partial charge in [0.15, 0.2) is 6.29 Å². The molecule has 264 valence electrons. The van der Waals surface area contributed by atoms with Gasteiger partial charge in [-0.3, -0.25) is 4.90 Å². The summed E-state index contributed by atoms with van der Waals surface area (Å²) in [6.07, 6.45) is -0.831. The number of carbonyl (C=O) groups is 2. The number of rotatable bonds is 14. The van der Waals surface area contributed by atoms with Gasteiger partial charge in [0.2, 0.25) is 0 Å². The maximum Gasteiger partial charge on any atom is 0.328 e. The highest BCUT2D eigenvalue weighted by atomic mass is 16.7. The Morgan fingerprint density at radius 3 is 2.12 bits per heavy atom. The van der Waals surface area contributed by atoms with E-state index in [1.165, 1.54) is 7.11 Å². The fraction of sp³-hybridized carbons (Fsp3) is 0.350. The molecule has 0 aliphatic carbocycles. The molecular weight excluding hydrogens is 634 g/mol. The molecule has 2 amide bonds. The monoisotopic (exact) mass is 681 g/mol. The van der Waals surface area contributed by atoms with Crippen molar-refractivity contribution in [1.82, 2.24) is 15.5 Å². The number of hydrogen-bond donors (Lipinski definition) is 4. The molecule has 0 aromatic heterocycles. The third-order valence-corrected chi connectivity index (χ3v) is 9.18. The van der Waals surface area contributed by atoms with E-state index < -0.39 is 30.4 Å². The zero-order chi connectivity index (χ0) is 35.5. The lowest BCUT2D eigenvalue weighted by atomic mass is 9.98. The third kappa shape index (κ3) is 9.99. The minimum absolute atomic E-state index is 0.0327. The number of nitrogens with one attached hydrogen (secondary N) is 2. The average Bonchev–Trinajstić information content (AvgIpc) is 3.16. The maximum atomic E-state index is 12.8. The average molecular weight is 682 g/mol. The summed E-state index contributed by atoms with van der Waals surface area (Å²) in [5, 5.41) is 26.2. The molecule has 50 heavy (non-hydrogen) atoms. The van der Waals surface area contributed by atoms with Crippen molar-refractivity contribution < 1.29 is 34.0 Å². The van der Waals surface area contributed by atoms with Crippen molar-refractivity contribution in [3.63, 3.8) is 0 Å². The highest BCUT2D eigenvalue weighted by molar-refractivity contribution is 5.83. The van der Waals surface area contributed by atoms with Crippen LogP contribution in [0.1, 0.15) is 65.2 Å². The number of aliphatic hydroxyl groups excluding tert-OH is 2. The van der Waals surface area contributed by atoms with Crippen LogP contribution in [0.15, 0.2) is 109 Å². The number of nitrogens with zero attached hydrogens (tertiary/aromatic N) is 1. The second kappa shape index (κ2) is 17.9. The second-order valence-corrected chi connectivity index (χ2v) is 12.7. The van der Waals surface area contributed by atoms with E-state index in [-0.39, 0.29) is 31.4 Å². The van der Waals surface area contributed by atoms with Crippen LogP contribution >= 0.6 is 0 Å². The summed E-state index contributed by atoms with van der Waals surface area (Å²) in [7, 11) is 3.29. The first-order valence-electron chi connectivity index (χ1n) is 16.9. The van der Waals surface area contributed by atoms with Crippen LogP contribution in [-0.2, 0) is 38.6 Å². The predicted molar refractivity (Wildman–Crippen MR) is 190 cm³/mol. The Balaban J connectivity index is 1.23. The minimum Gasteiger partial charge on any atom is -0.467 e. The highest BCUT2D eigenvalue weighted by Gasteiger charge is 2.34. The number of amides is 2. The number of urea groups is 1. The Kier molecular flexibility index (Phi) is 13.1. The second-order valence-electron chi connectivity index (χ2n) is 12.7. The zero-order valence-corrected chi connectivity index (χ0v) is 28.8. The number of carbonyl (C=O) groups excluding carboxylic acids is 2. The van der Waals surface area contributed by atoms with Gasteiger partial charge in [-0.25, -0.2) is 9.59 Å². The number of methoxy groups -OCH3 is 1. The van der Waals surface area contributed by atoms with Gasteiger partial charge in [0, 0.05) is 37.5 Å². The molecule has 4 N–H and O–H groups in total. The molecule has 0 radical (unpaired) electrons. The SMILES string of the molecule is COC(=O)[C@H](Cc1ccccc1)NC(=O)NCc1ccc([C@@H]2O[C@H](CN(C)[C@@H](C)[C@H](O)c3ccccc3)C[C@H](c3ccc(CO)cc3)O2)cc1. The van der Waals surface area contributed by atoms with Gasteiger partial charge in [0.1, 0.15) is 6.04 Å². The van der Waals surface area contributed by atoms with Crippen molar-refractivity contribution in [3.05, 3.63) is 143 Å². The summed E-state index contributed by atoms with van der Waals surface area (Å²) in [4.78, 5) is 27.2. The summed E-state index contributed by atoms with van der Waals surface area (Å²) in [6.45, 7) is 2.79. The van der Waals surface area contributed by atoms with E-state index in [1.54, 1.807) is 0 Å². The summed E-state index contributed by atoms with van der Waals surface area (Å²) in [5.41, 5.74) is 5.27. The third-order valence-electron chi connectivity index (χ3n) is 9.18. The lowest BCUT2D eigenvalue weighted by molar-refractivity contribution is -0.253. The normalized spacial score (nSPS) is 19.3. The Bertz CT molecular complexity index is 1640. The smallest absolute Gasteiger partial charge is 0.328 e. The van der Waals surface area contributed by atoms with Crippen molar-refractivity contribution in [2.45, 2.75) is 69.6 Å². The number of esters is 1. The van der Waals surface area contributed by atoms with Crippen LogP contribution in [-0.4, -0.2) is 66.0 Å². The molecule has 1 heterocycles. The topological polar surface area (TPSA) is 130 Å². The Hall–Kier alpha value is -4.58. The maximum absolute atomic E-state index is 12.8. The van der Waals surface area contributed by atoms with Crippen LogP contribution in [0.5, 0.6) is 0 Å². The van der Waals surface area contributed by atoms with Gasteiger partial charge in [0.25, 0.3) is 0 Å². The molecule has 4 aromatic rings. The van der Waals surface area contributed by atoms with Crippen LogP contribution in [0.3, 0.4) is 0 Å². The molecule has 0 bridgehead atoms. The fourth-order valence-electron chi connectivity index (χ4n) is 6.06. The predicted octanol–water partition coefficient (Wildman–Crippen LogP) is 5.36. The molecule has 10 heteroatoms. The van der Waals surface area contributed by atoms with Gasteiger partial charge in [0.05, 0.1) is 32.0 Å². The molecule has 0 spiro atoms. The van der Waals surface area contributed by atoms with Crippen molar-refractivity contribution in [2.75, 3.05) is 20.7 Å². The first-order chi connectivity index (χ1) is 24.2. The quantitative estimate of drug-likeness (QED) is 0.131. The molecule has 6 atom stereocenters. The number of aliphatic hydroxyl groups is 2. The lowest BCUT2D eigenvalue weighted by Crippen LogP contribution is -2.47. The van der Waals surface area contributed by atoms with Crippen molar-refractivity contribution in [1.29, 1.82) is 0 Å². The fourth-order valence-corrected chi connectivity index (χ4v) is 6.06. The molecule has 1 aliphatic rings. The van der Waals surface area contributed by atoms with E-state index >= 15 is 0 Å².